The van der Waals surface area contributed by atoms with E-state index in [-0.39, 0.29) is 23.9 Å². The van der Waals surface area contributed by atoms with E-state index in [1.807, 2.05) is 29.0 Å². The Hall–Kier alpha value is -2.94. The molecule has 0 spiro atoms. The molecule has 0 aromatic heterocycles. The molecule has 0 radical (unpaired) electrons. The quantitative estimate of drug-likeness (QED) is 0.596. The van der Waals surface area contributed by atoms with Crippen molar-refractivity contribution in [2.75, 3.05) is 33.2 Å². The van der Waals surface area contributed by atoms with Gasteiger partial charge in [0.1, 0.15) is 6.04 Å². The van der Waals surface area contributed by atoms with Crippen LogP contribution in [0.3, 0.4) is 0 Å². The maximum Gasteiger partial charge on any atom is 0.265 e. The average Bonchev–Trinajstić information content (AvgIpc) is 3.22. The van der Waals surface area contributed by atoms with Crippen LogP contribution in [0, 0.1) is 5.92 Å². The van der Waals surface area contributed by atoms with Crippen molar-refractivity contribution >= 4 is 17.8 Å². The van der Waals surface area contributed by atoms with Crippen LogP contribution in [-0.2, 0) is 19.2 Å². The number of oxime groups is 1. The first kappa shape index (κ1) is 17.9. The Kier molecular flexibility index (Phi) is 3.74. The van der Waals surface area contributed by atoms with E-state index in [1.165, 1.54) is 0 Å². The molecular formula is C21H21FN4O4. The van der Waals surface area contributed by atoms with Gasteiger partial charge in [0.25, 0.3) is 5.78 Å². The van der Waals surface area contributed by atoms with Gasteiger partial charge in [-0.05, 0) is 19.5 Å². The van der Waals surface area contributed by atoms with Crippen LogP contribution in [-0.4, -0.2) is 78.0 Å². The largest absolute Gasteiger partial charge is 0.450 e. The van der Waals surface area contributed by atoms with Gasteiger partial charge in [-0.3, -0.25) is 9.59 Å². The van der Waals surface area contributed by atoms with Crippen LogP contribution in [0.4, 0.5) is 4.39 Å². The fourth-order valence-corrected chi connectivity index (χ4v) is 5.09. The Morgan fingerprint density at radius 2 is 1.93 bits per heavy atom. The lowest BCUT2D eigenvalue weighted by atomic mass is 9.81. The van der Waals surface area contributed by atoms with E-state index in [2.05, 4.69) is 10.1 Å². The van der Waals surface area contributed by atoms with Gasteiger partial charge in [0.2, 0.25) is 12.0 Å². The highest BCUT2D eigenvalue weighted by Gasteiger charge is 2.53. The molecule has 4 aliphatic heterocycles. The topological polar surface area (TPSA) is 74.7 Å². The molecule has 8 nitrogen and oxygen atoms in total. The number of hydrogen-bond acceptors (Lipinski definition) is 8. The molecule has 4 heterocycles. The molecule has 9 heteroatoms. The number of fused-ring (bicyclic) bond motifs is 3. The van der Waals surface area contributed by atoms with E-state index in [0.717, 1.165) is 18.7 Å². The molecule has 30 heavy (non-hydrogen) atoms. The summed E-state index contributed by atoms with van der Waals surface area (Å²) in [5.41, 5.74) is 1.96. The molecule has 6 rings (SSSR count). The van der Waals surface area contributed by atoms with Crippen LogP contribution in [0.5, 0.6) is 0 Å². The molecule has 0 bridgehead atoms. The Bertz CT molecular complexity index is 1020. The van der Waals surface area contributed by atoms with E-state index in [1.54, 1.807) is 6.21 Å². The molecular weight excluding hydrogens is 391 g/mol. The zero-order valence-corrected chi connectivity index (χ0v) is 16.5. The van der Waals surface area contributed by atoms with E-state index >= 15 is 4.39 Å². The first-order valence-electron chi connectivity index (χ1n) is 10.3. The molecule has 2 aliphatic carbocycles. The summed E-state index contributed by atoms with van der Waals surface area (Å²) in [6, 6.07) is -0.462. The van der Waals surface area contributed by atoms with Crippen LogP contribution >= 0.6 is 0 Å². The van der Waals surface area contributed by atoms with Crippen LogP contribution in [0.15, 0.2) is 51.6 Å². The number of halogens is 1. The molecule has 3 unspecified atom stereocenters. The number of ether oxygens (including phenoxy) is 1. The predicted molar refractivity (Wildman–Crippen MR) is 103 cm³/mol. The van der Waals surface area contributed by atoms with Crippen LogP contribution in [0.25, 0.3) is 0 Å². The number of Topliss-reactive ketones (excluding diaryl/α,β-unsaturated/α-hetero) is 2. The standard InChI is InChI=1S/C21H21FN4O4/c1-24-4-6-25(7-5-24)14-9-11-8-12-10-23-30-21(12)26-13-2-3-15(27)18(28)19(13)29-20(16(14)22)17(11)26/h8-11,17,21H,2-7H2,1H3. The molecule has 0 aromatic carbocycles. The number of rotatable bonds is 1. The minimum atomic E-state index is -0.697. The summed E-state index contributed by atoms with van der Waals surface area (Å²) in [6.45, 7) is 3.10. The van der Waals surface area contributed by atoms with E-state index in [4.69, 9.17) is 9.57 Å². The third-order valence-corrected chi connectivity index (χ3v) is 6.69. The molecule has 1 fully saturated rings. The van der Waals surface area contributed by atoms with Gasteiger partial charge < -0.3 is 24.3 Å². The van der Waals surface area contributed by atoms with Crippen molar-refractivity contribution in [3.8, 4) is 0 Å². The first-order valence-corrected chi connectivity index (χ1v) is 10.3. The van der Waals surface area contributed by atoms with Crippen molar-refractivity contribution in [1.82, 2.24) is 14.7 Å². The lowest BCUT2D eigenvalue weighted by molar-refractivity contribution is -0.138. The number of hydrogen-bond donors (Lipinski definition) is 0. The van der Waals surface area contributed by atoms with Gasteiger partial charge in [-0.1, -0.05) is 11.2 Å². The summed E-state index contributed by atoms with van der Waals surface area (Å²) in [5.74, 6) is -1.81. The van der Waals surface area contributed by atoms with Crippen molar-refractivity contribution < 1.29 is 23.6 Å². The molecule has 0 saturated carbocycles. The number of piperazine rings is 1. The Labute approximate surface area is 172 Å². The fraction of sp³-hybridized carbons (Fsp3) is 0.476. The van der Waals surface area contributed by atoms with Crippen molar-refractivity contribution in [2.24, 2.45) is 11.1 Å². The fourth-order valence-electron chi connectivity index (χ4n) is 5.09. The number of carbonyl (C=O) groups is 2. The van der Waals surface area contributed by atoms with Crippen LogP contribution in [0.1, 0.15) is 12.8 Å². The molecule has 1 saturated heterocycles. The number of allylic oxidation sites excluding steroid dienone is 3. The highest BCUT2D eigenvalue weighted by Crippen LogP contribution is 2.49. The zero-order valence-electron chi connectivity index (χ0n) is 16.5. The number of ketones is 2. The first-order chi connectivity index (χ1) is 14.5. The van der Waals surface area contributed by atoms with Crippen molar-refractivity contribution in [3.63, 3.8) is 0 Å². The van der Waals surface area contributed by atoms with Crippen molar-refractivity contribution in [1.29, 1.82) is 0 Å². The lowest BCUT2D eigenvalue weighted by Crippen LogP contribution is -2.56. The Morgan fingerprint density at radius 1 is 1.13 bits per heavy atom. The second-order valence-corrected chi connectivity index (χ2v) is 8.44. The monoisotopic (exact) mass is 412 g/mol. The van der Waals surface area contributed by atoms with E-state index < -0.39 is 29.7 Å². The van der Waals surface area contributed by atoms with Crippen molar-refractivity contribution in [2.45, 2.75) is 25.1 Å². The molecule has 156 valence electrons. The van der Waals surface area contributed by atoms with E-state index in [0.29, 0.717) is 30.9 Å². The maximum absolute atomic E-state index is 15.8. The maximum atomic E-state index is 15.8. The minimum absolute atomic E-state index is 0.0669. The van der Waals surface area contributed by atoms with Gasteiger partial charge in [0.05, 0.1) is 17.6 Å². The number of likely N-dealkylation sites (N-methyl/N-ethyl adjacent to an activating group) is 1. The molecule has 0 N–H and O–H groups in total. The molecule has 6 aliphatic rings. The van der Waals surface area contributed by atoms with Gasteiger partial charge in [0, 0.05) is 44.1 Å². The smallest absolute Gasteiger partial charge is 0.265 e. The van der Waals surface area contributed by atoms with Crippen LogP contribution in [0.2, 0.25) is 0 Å². The molecule has 0 amide bonds. The third kappa shape index (κ3) is 2.38. The summed E-state index contributed by atoms with van der Waals surface area (Å²) in [6.07, 6.45) is 5.58. The number of carbonyl (C=O) groups excluding carboxylic acids is 2. The summed E-state index contributed by atoms with van der Waals surface area (Å²) in [5, 5.41) is 3.94. The number of nitrogens with zero attached hydrogens (tertiary/aromatic N) is 4. The van der Waals surface area contributed by atoms with Gasteiger partial charge in [0.15, 0.2) is 17.3 Å². The normalized spacial score (nSPS) is 32.9. The van der Waals surface area contributed by atoms with Crippen LogP contribution < -0.4 is 0 Å². The Morgan fingerprint density at radius 3 is 2.73 bits per heavy atom. The van der Waals surface area contributed by atoms with Gasteiger partial charge in [-0.2, -0.15) is 0 Å². The minimum Gasteiger partial charge on any atom is -0.450 e. The summed E-state index contributed by atoms with van der Waals surface area (Å²) < 4.78 is 21.7. The summed E-state index contributed by atoms with van der Waals surface area (Å²) in [7, 11) is 2.05. The highest BCUT2D eigenvalue weighted by atomic mass is 19.1. The SMILES string of the molecule is CN1CCN(C2=CC3C=C4C=NOC4N4C5=C(OC(=C2F)C34)C(=O)C(=O)CC5)CC1. The van der Waals surface area contributed by atoms with E-state index in [9.17, 15) is 9.59 Å². The molecule has 0 aromatic rings. The van der Waals surface area contributed by atoms with Crippen molar-refractivity contribution in [3.05, 3.63) is 46.5 Å². The zero-order chi connectivity index (χ0) is 20.6. The average molecular weight is 412 g/mol. The predicted octanol–water partition coefficient (Wildman–Crippen LogP) is 1.06. The molecule has 3 atom stereocenters. The van der Waals surface area contributed by atoms with Gasteiger partial charge in [-0.25, -0.2) is 4.39 Å². The lowest BCUT2D eigenvalue weighted by Gasteiger charge is -2.50. The second-order valence-electron chi connectivity index (χ2n) is 8.44. The van der Waals surface area contributed by atoms with Gasteiger partial charge >= 0.3 is 0 Å². The summed E-state index contributed by atoms with van der Waals surface area (Å²) in [4.78, 5) is 36.3. The highest BCUT2D eigenvalue weighted by molar-refractivity contribution is 6.43. The Balaban J connectivity index is 1.49. The third-order valence-electron chi connectivity index (χ3n) is 6.69. The van der Waals surface area contributed by atoms with Gasteiger partial charge in [-0.15, -0.1) is 0 Å². The summed E-state index contributed by atoms with van der Waals surface area (Å²) >= 11 is 0. The second kappa shape index (κ2) is 6.28.